The summed E-state index contributed by atoms with van der Waals surface area (Å²) in [5.41, 5.74) is 2.59. The fourth-order valence-electron chi connectivity index (χ4n) is 2.62. The molecule has 0 fully saturated rings. The molecule has 0 unspecified atom stereocenters. The quantitative estimate of drug-likeness (QED) is 0.476. The van der Waals surface area contributed by atoms with Gasteiger partial charge in [0, 0.05) is 40.2 Å². The van der Waals surface area contributed by atoms with Crippen LogP contribution in [0.1, 0.15) is 12.8 Å². The Morgan fingerprint density at radius 2 is 1.47 bits per heavy atom. The zero-order valence-corrected chi connectivity index (χ0v) is 11.3. The minimum Gasteiger partial charge on any atom is -0.340 e. The van der Waals surface area contributed by atoms with E-state index in [9.17, 15) is 0 Å². The van der Waals surface area contributed by atoms with E-state index in [-0.39, 0.29) is 0 Å². The van der Waals surface area contributed by atoms with Gasteiger partial charge in [0.1, 0.15) is 0 Å². The topological polar surface area (TPSA) is 4.93 Å². The summed E-state index contributed by atoms with van der Waals surface area (Å²) in [5.74, 6) is 2.91. The molecule has 0 atom stereocenters. The minimum absolute atomic E-state index is 0.838. The molecule has 94 valence electrons. The molecular weight excluding hydrogens is 254 g/mol. The number of hydrogen-bond donors (Lipinski definition) is 0. The number of rotatable bonds is 3. The number of aryl methyl sites for hydroxylation is 1. The van der Waals surface area contributed by atoms with Crippen molar-refractivity contribution in [2.75, 3.05) is 0 Å². The summed E-state index contributed by atoms with van der Waals surface area (Å²) in [6.45, 7) is 0.972. The fraction of sp³-hybridized carbons (Fsp3) is 0.176. The van der Waals surface area contributed by atoms with Gasteiger partial charge in [-0.1, -0.05) is 42.3 Å². The summed E-state index contributed by atoms with van der Waals surface area (Å²) in [6, 6.07) is 17.1. The van der Waals surface area contributed by atoms with Gasteiger partial charge in [0.05, 0.1) is 0 Å². The second-order valence-corrected chi connectivity index (χ2v) is 4.75. The van der Waals surface area contributed by atoms with Crippen LogP contribution < -0.4 is 0 Å². The molecule has 1 nitrogen and oxygen atoms in total. The van der Waals surface area contributed by atoms with Crippen LogP contribution in [0.4, 0.5) is 0 Å². The second-order valence-electron chi connectivity index (χ2n) is 4.56. The second kappa shape index (κ2) is 5.38. The summed E-state index contributed by atoms with van der Waals surface area (Å²) in [4.78, 5) is 0. The lowest BCUT2D eigenvalue weighted by atomic mass is 10.2. The van der Waals surface area contributed by atoms with Crippen LogP contribution in [0.2, 0.25) is 0 Å². The zero-order chi connectivity index (χ0) is 13.1. The van der Waals surface area contributed by atoms with Crippen LogP contribution in [0.15, 0.2) is 48.5 Å². The summed E-state index contributed by atoms with van der Waals surface area (Å²) in [7, 11) is 0. The molecule has 0 spiro atoms. The Morgan fingerprint density at radius 3 is 2.05 bits per heavy atom. The Kier molecular flexibility index (Phi) is 3.44. The average Bonchev–Trinajstić information content (AvgIpc) is 2.78. The van der Waals surface area contributed by atoms with Crippen molar-refractivity contribution in [2.45, 2.75) is 19.4 Å². The number of aromatic nitrogens is 1. The van der Waals surface area contributed by atoms with Crippen molar-refractivity contribution in [1.82, 2.24) is 4.57 Å². The van der Waals surface area contributed by atoms with Crippen molar-refractivity contribution < 1.29 is 0 Å². The monoisotopic (exact) mass is 267 g/mol. The summed E-state index contributed by atoms with van der Waals surface area (Å²) < 4.78 is 2.38. The maximum atomic E-state index is 5.38. The third kappa shape index (κ3) is 2.20. The van der Waals surface area contributed by atoms with E-state index in [1.54, 1.807) is 0 Å². The summed E-state index contributed by atoms with van der Waals surface area (Å²) in [5, 5.41) is 5.08. The predicted molar refractivity (Wildman–Crippen MR) is 82.3 cm³/mol. The lowest BCUT2D eigenvalue weighted by Gasteiger charge is -2.05. The number of nitrogens with zero attached hydrogens (tertiary/aromatic N) is 1. The molecular formula is C17H14ClN. The normalized spacial score (nSPS) is 10.6. The Balaban J connectivity index is 2.10. The standard InChI is InChI=1S/C17H14ClN/c18-12-6-1-7-13-19-16-10-4-2-8-14(16)15-9-3-5-11-17(15)19/h2-5,8-11H,1,7,13H2. The van der Waals surface area contributed by atoms with E-state index < -0.39 is 0 Å². The van der Waals surface area contributed by atoms with Gasteiger partial charge in [-0.25, -0.2) is 0 Å². The van der Waals surface area contributed by atoms with Gasteiger partial charge < -0.3 is 4.57 Å². The third-order valence-corrected chi connectivity index (χ3v) is 3.56. The van der Waals surface area contributed by atoms with E-state index in [1.165, 1.54) is 21.8 Å². The highest BCUT2D eigenvalue weighted by Crippen LogP contribution is 2.28. The number of halogens is 1. The van der Waals surface area contributed by atoms with Crippen molar-refractivity contribution >= 4 is 33.4 Å². The first-order valence-corrected chi connectivity index (χ1v) is 6.84. The van der Waals surface area contributed by atoms with Gasteiger partial charge in [0.25, 0.3) is 0 Å². The van der Waals surface area contributed by atoms with Crippen molar-refractivity contribution in [3.8, 4) is 11.3 Å². The van der Waals surface area contributed by atoms with Crippen molar-refractivity contribution in [3.05, 3.63) is 48.5 Å². The molecule has 0 saturated heterocycles. The zero-order valence-electron chi connectivity index (χ0n) is 10.6. The molecule has 0 radical (unpaired) electrons. The largest absolute Gasteiger partial charge is 0.340 e. The Morgan fingerprint density at radius 1 is 0.895 bits per heavy atom. The van der Waals surface area contributed by atoms with E-state index in [1.807, 2.05) is 0 Å². The van der Waals surface area contributed by atoms with Gasteiger partial charge in [-0.05, 0) is 30.2 Å². The maximum absolute atomic E-state index is 5.38. The van der Waals surface area contributed by atoms with Crippen molar-refractivity contribution in [1.29, 1.82) is 0 Å². The summed E-state index contributed by atoms with van der Waals surface area (Å²) >= 11 is 5.38. The summed E-state index contributed by atoms with van der Waals surface area (Å²) in [6.07, 6.45) is 1.85. The molecule has 0 bridgehead atoms. The lowest BCUT2D eigenvalue weighted by Crippen LogP contribution is -1.96. The molecule has 0 amide bonds. The number of para-hydroxylation sites is 2. The Labute approximate surface area is 117 Å². The van der Waals surface area contributed by atoms with E-state index in [0.717, 1.165) is 19.4 Å². The molecule has 0 saturated carbocycles. The molecule has 2 heteroatoms. The molecule has 19 heavy (non-hydrogen) atoms. The van der Waals surface area contributed by atoms with Crippen LogP contribution >= 0.6 is 11.6 Å². The molecule has 0 aliphatic rings. The van der Waals surface area contributed by atoms with E-state index >= 15 is 0 Å². The molecule has 0 N–H and O–H groups in total. The first-order chi connectivity index (χ1) is 9.42. The minimum atomic E-state index is 0.838. The maximum Gasteiger partial charge on any atom is 0.0491 e. The molecule has 1 aromatic heterocycles. The molecule has 0 aliphatic heterocycles. The molecule has 0 aliphatic carbocycles. The number of hydrogen-bond acceptors (Lipinski definition) is 0. The van der Waals surface area contributed by atoms with Crippen molar-refractivity contribution in [3.63, 3.8) is 0 Å². The predicted octanol–water partition coefficient (Wildman–Crippen LogP) is 4.77. The molecule has 3 aromatic rings. The fourth-order valence-corrected chi connectivity index (χ4v) is 2.71. The van der Waals surface area contributed by atoms with E-state index in [4.69, 9.17) is 11.6 Å². The van der Waals surface area contributed by atoms with E-state index in [0.29, 0.717) is 0 Å². The van der Waals surface area contributed by atoms with Crippen LogP contribution in [0.5, 0.6) is 0 Å². The first kappa shape index (κ1) is 12.1. The number of fused-ring (bicyclic) bond motifs is 3. The number of unbranched alkanes of at least 4 members (excludes halogenated alkanes) is 1. The van der Waals surface area contributed by atoms with Crippen LogP contribution in [-0.4, -0.2) is 4.57 Å². The van der Waals surface area contributed by atoms with Gasteiger partial charge in [-0.15, -0.1) is 0 Å². The smallest absolute Gasteiger partial charge is 0.0491 e. The Bertz CT molecular complexity index is 721. The van der Waals surface area contributed by atoms with E-state index in [2.05, 4.69) is 64.4 Å². The highest BCUT2D eigenvalue weighted by atomic mass is 35.5. The van der Waals surface area contributed by atoms with Gasteiger partial charge in [-0.2, -0.15) is 0 Å². The van der Waals surface area contributed by atoms with Gasteiger partial charge in [0.2, 0.25) is 0 Å². The number of benzene rings is 2. The third-order valence-electron chi connectivity index (χ3n) is 3.43. The first-order valence-electron chi connectivity index (χ1n) is 6.46. The Hall–Kier alpha value is -1.91. The van der Waals surface area contributed by atoms with Crippen LogP contribution in [-0.2, 0) is 6.54 Å². The van der Waals surface area contributed by atoms with Crippen LogP contribution in [0.25, 0.3) is 21.8 Å². The van der Waals surface area contributed by atoms with Crippen LogP contribution in [0, 0.1) is 11.3 Å². The van der Waals surface area contributed by atoms with Gasteiger partial charge >= 0.3 is 0 Å². The molecule has 1 heterocycles. The van der Waals surface area contributed by atoms with Crippen LogP contribution in [0.3, 0.4) is 0 Å². The van der Waals surface area contributed by atoms with Gasteiger partial charge in [0.15, 0.2) is 0 Å². The highest BCUT2D eigenvalue weighted by Gasteiger charge is 2.08. The van der Waals surface area contributed by atoms with Gasteiger partial charge in [-0.3, -0.25) is 0 Å². The molecule has 3 rings (SSSR count). The lowest BCUT2D eigenvalue weighted by molar-refractivity contribution is 0.694. The molecule has 2 aromatic carbocycles. The SMILES string of the molecule is ClC#CCCCn1c2ccccc2c2ccccc21. The highest BCUT2D eigenvalue weighted by molar-refractivity contribution is 6.30. The average molecular weight is 268 g/mol. The van der Waals surface area contributed by atoms with Crippen molar-refractivity contribution in [2.24, 2.45) is 0 Å².